The van der Waals surface area contributed by atoms with E-state index in [4.69, 9.17) is 0 Å². The Kier molecular flexibility index (Phi) is 1.72. The monoisotopic (exact) mass is 205 g/mol. The fourth-order valence-corrected chi connectivity index (χ4v) is 1.82. The molecule has 0 radical (unpaired) electrons. The number of nitrogens with zero attached hydrogens (tertiary/aromatic N) is 1. The molecule has 2 rings (SSSR count). The summed E-state index contributed by atoms with van der Waals surface area (Å²) in [6.07, 6.45) is -0.914. The highest BCUT2D eigenvalue weighted by molar-refractivity contribution is 5.83. The zero-order valence-corrected chi connectivity index (χ0v) is 7.64. The van der Waals surface area contributed by atoms with Gasteiger partial charge in [-0.1, -0.05) is 13.0 Å². The fourth-order valence-electron chi connectivity index (χ4n) is 1.82. The van der Waals surface area contributed by atoms with Crippen LogP contribution >= 0.6 is 0 Å². The maximum Gasteiger partial charge on any atom is 0.471 e. The smallest absolute Gasteiger partial charge is 0.311 e. The first-order chi connectivity index (χ1) is 6.33. The minimum Gasteiger partial charge on any atom is -0.311 e. The Hall–Kier alpha value is -1.00. The summed E-state index contributed by atoms with van der Waals surface area (Å²) in [4.78, 5) is 11.6. The van der Waals surface area contributed by atoms with E-state index in [1.807, 2.05) is 6.92 Å². The van der Waals surface area contributed by atoms with Gasteiger partial charge < -0.3 is 4.90 Å². The van der Waals surface area contributed by atoms with E-state index in [0.717, 1.165) is 11.3 Å². The Morgan fingerprint density at radius 1 is 1.57 bits per heavy atom. The second-order valence-electron chi connectivity index (χ2n) is 4.18. The molecule has 1 heterocycles. The van der Waals surface area contributed by atoms with Crippen molar-refractivity contribution in [3.8, 4) is 0 Å². The molecule has 0 aromatic heterocycles. The lowest BCUT2D eigenvalue weighted by molar-refractivity contribution is -0.183. The highest BCUT2D eigenvalue weighted by Crippen LogP contribution is 2.55. The molecule has 5 heteroatoms. The van der Waals surface area contributed by atoms with Crippen LogP contribution in [0.25, 0.3) is 0 Å². The first-order valence-corrected chi connectivity index (χ1v) is 4.40. The number of halogens is 3. The average Bonchev–Trinajstić information content (AvgIpc) is 2.72. The van der Waals surface area contributed by atoms with E-state index in [1.54, 1.807) is 6.08 Å². The van der Waals surface area contributed by atoms with E-state index < -0.39 is 12.1 Å². The number of hydrogen-bond donors (Lipinski definition) is 0. The van der Waals surface area contributed by atoms with Crippen LogP contribution < -0.4 is 0 Å². The highest BCUT2D eigenvalue weighted by Gasteiger charge is 2.53. The number of hydrogen-bond acceptors (Lipinski definition) is 1. The molecule has 0 aromatic carbocycles. The Labute approximate surface area is 79.4 Å². The van der Waals surface area contributed by atoms with Crippen molar-refractivity contribution < 1.29 is 18.0 Å². The van der Waals surface area contributed by atoms with Gasteiger partial charge in [-0.25, -0.2) is 0 Å². The van der Waals surface area contributed by atoms with Crippen molar-refractivity contribution >= 4 is 5.91 Å². The molecular weight excluding hydrogens is 195 g/mol. The SMILES string of the molecule is CC12C=CN(C(=O)C(F)(F)F)CC1C2. The predicted octanol–water partition coefficient (Wildman–Crippen LogP) is 1.93. The van der Waals surface area contributed by atoms with Crippen molar-refractivity contribution in [3.63, 3.8) is 0 Å². The summed E-state index contributed by atoms with van der Waals surface area (Å²) in [5.74, 6) is -1.55. The van der Waals surface area contributed by atoms with Crippen molar-refractivity contribution in [1.29, 1.82) is 0 Å². The van der Waals surface area contributed by atoms with Gasteiger partial charge in [0, 0.05) is 12.7 Å². The predicted molar refractivity (Wildman–Crippen MR) is 43.1 cm³/mol. The van der Waals surface area contributed by atoms with Crippen molar-refractivity contribution in [2.75, 3.05) is 6.54 Å². The minimum atomic E-state index is -4.76. The summed E-state index contributed by atoms with van der Waals surface area (Å²) in [5, 5.41) is 0. The van der Waals surface area contributed by atoms with Crippen LogP contribution in [0.2, 0.25) is 0 Å². The third kappa shape index (κ3) is 1.40. The van der Waals surface area contributed by atoms with Crippen molar-refractivity contribution in [2.45, 2.75) is 19.5 Å². The molecule has 0 saturated heterocycles. The van der Waals surface area contributed by atoms with Crippen LogP contribution in [0.5, 0.6) is 0 Å². The van der Waals surface area contributed by atoms with Gasteiger partial charge in [0.25, 0.3) is 0 Å². The van der Waals surface area contributed by atoms with Gasteiger partial charge >= 0.3 is 12.1 Å². The van der Waals surface area contributed by atoms with Crippen LogP contribution in [0.1, 0.15) is 13.3 Å². The summed E-state index contributed by atoms with van der Waals surface area (Å²) in [6.45, 7) is 2.19. The summed E-state index contributed by atoms with van der Waals surface area (Å²) in [6, 6.07) is 0. The quantitative estimate of drug-likeness (QED) is 0.591. The topological polar surface area (TPSA) is 20.3 Å². The van der Waals surface area contributed by atoms with Crippen molar-refractivity contribution in [1.82, 2.24) is 4.90 Å². The zero-order valence-electron chi connectivity index (χ0n) is 7.64. The summed E-state index contributed by atoms with van der Waals surface area (Å²) in [5.41, 5.74) is 0.0440. The Morgan fingerprint density at radius 2 is 2.21 bits per heavy atom. The molecule has 1 aliphatic heterocycles. The Balaban J connectivity index is 2.09. The van der Waals surface area contributed by atoms with E-state index in [2.05, 4.69) is 0 Å². The minimum absolute atomic E-state index is 0.0440. The molecule has 2 unspecified atom stereocenters. The van der Waals surface area contributed by atoms with Crippen LogP contribution in [-0.2, 0) is 4.79 Å². The normalized spacial score (nSPS) is 35.4. The molecule has 2 aliphatic rings. The number of alkyl halides is 3. The molecule has 1 aliphatic carbocycles. The zero-order chi connectivity index (χ0) is 10.6. The first kappa shape index (κ1) is 9.55. The molecule has 0 bridgehead atoms. The van der Waals surface area contributed by atoms with Gasteiger partial charge in [-0.05, 0) is 17.8 Å². The molecule has 0 spiro atoms. The molecule has 2 atom stereocenters. The second kappa shape index (κ2) is 2.52. The van der Waals surface area contributed by atoms with Gasteiger partial charge in [-0.15, -0.1) is 0 Å². The van der Waals surface area contributed by atoms with Crippen molar-refractivity contribution in [3.05, 3.63) is 12.3 Å². The van der Waals surface area contributed by atoms with Crippen LogP contribution in [0.4, 0.5) is 13.2 Å². The number of rotatable bonds is 0. The lowest BCUT2D eigenvalue weighted by atomic mass is 10.0. The number of allylic oxidation sites excluding steroid dienone is 1. The molecule has 1 fully saturated rings. The Morgan fingerprint density at radius 3 is 2.71 bits per heavy atom. The van der Waals surface area contributed by atoms with E-state index in [9.17, 15) is 18.0 Å². The molecular formula is C9H10F3NO. The molecule has 2 nitrogen and oxygen atoms in total. The largest absolute Gasteiger partial charge is 0.471 e. The van der Waals surface area contributed by atoms with Gasteiger partial charge in [0.05, 0.1) is 0 Å². The lowest BCUT2D eigenvalue weighted by Gasteiger charge is -2.24. The first-order valence-electron chi connectivity index (χ1n) is 4.40. The molecule has 14 heavy (non-hydrogen) atoms. The fraction of sp³-hybridized carbons (Fsp3) is 0.667. The van der Waals surface area contributed by atoms with Gasteiger partial charge in [-0.2, -0.15) is 13.2 Å². The van der Waals surface area contributed by atoms with Gasteiger partial charge in [0.15, 0.2) is 0 Å². The number of carbonyl (C=O) groups excluding carboxylic acids is 1. The molecule has 1 saturated carbocycles. The van der Waals surface area contributed by atoms with Crippen LogP contribution in [0.3, 0.4) is 0 Å². The number of carbonyl (C=O) groups is 1. The summed E-state index contributed by atoms with van der Waals surface area (Å²) >= 11 is 0. The van der Waals surface area contributed by atoms with E-state index in [-0.39, 0.29) is 17.9 Å². The van der Waals surface area contributed by atoms with E-state index in [1.165, 1.54) is 6.20 Å². The van der Waals surface area contributed by atoms with Gasteiger partial charge in [0.1, 0.15) is 0 Å². The maximum atomic E-state index is 12.0. The van der Waals surface area contributed by atoms with Gasteiger partial charge in [-0.3, -0.25) is 4.79 Å². The molecule has 1 amide bonds. The third-order valence-electron chi connectivity index (χ3n) is 3.01. The maximum absolute atomic E-state index is 12.0. The average molecular weight is 205 g/mol. The second-order valence-corrected chi connectivity index (χ2v) is 4.18. The number of fused-ring (bicyclic) bond motifs is 1. The molecule has 0 N–H and O–H groups in total. The highest BCUT2D eigenvalue weighted by atomic mass is 19.4. The van der Waals surface area contributed by atoms with Crippen molar-refractivity contribution in [2.24, 2.45) is 11.3 Å². The lowest BCUT2D eigenvalue weighted by Crippen LogP contribution is -2.40. The summed E-state index contributed by atoms with van der Waals surface area (Å²) in [7, 11) is 0. The molecule has 0 aromatic rings. The van der Waals surface area contributed by atoms with Crippen LogP contribution in [-0.4, -0.2) is 23.5 Å². The number of amides is 1. The third-order valence-corrected chi connectivity index (χ3v) is 3.01. The standard InChI is InChI=1S/C9H10F3NO/c1-8-2-3-13(5-6(8)4-8)7(14)9(10,11)12/h2-3,6H,4-5H2,1H3. The van der Waals surface area contributed by atoms with Crippen LogP contribution in [0, 0.1) is 11.3 Å². The van der Waals surface area contributed by atoms with Gasteiger partial charge in [0.2, 0.25) is 0 Å². The summed E-state index contributed by atoms with van der Waals surface area (Å²) < 4.78 is 36.1. The Bertz CT molecular complexity index is 310. The molecule has 78 valence electrons. The van der Waals surface area contributed by atoms with E-state index in [0.29, 0.717) is 0 Å². The van der Waals surface area contributed by atoms with Crippen LogP contribution in [0.15, 0.2) is 12.3 Å². The van der Waals surface area contributed by atoms with E-state index >= 15 is 0 Å².